The van der Waals surface area contributed by atoms with Gasteiger partial charge in [0.25, 0.3) is 11.6 Å². The van der Waals surface area contributed by atoms with Crippen LogP contribution in [0.3, 0.4) is 0 Å². The molecule has 1 heterocycles. The number of sulfonamides is 1. The molecule has 3 rings (SSSR count). The number of hydrogen-bond acceptors (Lipinski definition) is 5. The number of carbonyl (C=O) groups excluding carboxylic acids is 1. The summed E-state index contributed by atoms with van der Waals surface area (Å²) in [6, 6.07) is 5.96. The summed E-state index contributed by atoms with van der Waals surface area (Å²) in [5.41, 5.74) is -0.807. The largest absolute Gasteiger partial charge is 0.336 e. The molecule has 0 spiro atoms. The molecule has 0 unspecified atom stereocenters. The molecule has 0 atom stereocenters. The average Bonchev–Trinajstić information content (AvgIpc) is 2.71. The topological polar surface area (TPSA) is 101 Å². The molecule has 0 saturated carbocycles. The van der Waals surface area contributed by atoms with Crippen LogP contribution < -0.4 is 0 Å². The van der Waals surface area contributed by atoms with Crippen molar-refractivity contribution >= 4 is 44.8 Å². The van der Waals surface area contributed by atoms with Crippen LogP contribution in [-0.2, 0) is 10.0 Å². The van der Waals surface area contributed by atoms with E-state index in [0.717, 1.165) is 12.1 Å². The van der Waals surface area contributed by atoms with Crippen LogP contribution in [0.25, 0.3) is 0 Å². The predicted octanol–water partition coefficient (Wildman–Crippen LogP) is 3.50. The van der Waals surface area contributed by atoms with Gasteiger partial charge in [0.15, 0.2) is 0 Å². The molecule has 1 fully saturated rings. The Balaban J connectivity index is 1.76. The Morgan fingerprint density at radius 3 is 2.30 bits per heavy atom. The van der Waals surface area contributed by atoms with Gasteiger partial charge >= 0.3 is 0 Å². The quantitative estimate of drug-likeness (QED) is 0.497. The summed E-state index contributed by atoms with van der Waals surface area (Å²) in [5.74, 6) is -1.46. The van der Waals surface area contributed by atoms with Crippen LogP contribution in [0.2, 0.25) is 10.0 Å². The number of nitrogens with zero attached hydrogens (tertiary/aromatic N) is 3. The molecule has 0 bridgehead atoms. The summed E-state index contributed by atoms with van der Waals surface area (Å²) in [6.45, 7) is 1.36. The summed E-state index contributed by atoms with van der Waals surface area (Å²) in [7, 11) is -3.84. The first kappa shape index (κ1) is 22.4. The van der Waals surface area contributed by atoms with Gasteiger partial charge in [0.05, 0.1) is 25.4 Å². The molecule has 8 nitrogen and oxygen atoms in total. The van der Waals surface area contributed by atoms with E-state index in [1.54, 1.807) is 0 Å². The Labute approximate surface area is 182 Å². The molecule has 160 valence electrons. The molecule has 0 aromatic heterocycles. The van der Waals surface area contributed by atoms with Crippen LogP contribution >= 0.6 is 23.2 Å². The Kier molecular flexibility index (Phi) is 6.32. The molecule has 1 saturated heterocycles. The molecule has 0 radical (unpaired) electrons. The van der Waals surface area contributed by atoms with Crippen LogP contribution in [0.1, 0.15) is 15.9 Å². The van der Waals surface area contributed by atoms with E-state index in [9.17, 15) is 27.7 Å². The number of piperazine rings is 1. The second-order valence-corrected chi connectivity index (χ2v) is 9.38. The van der Waals surface area contributed by atoms with Crippen molar-refractivity contribution in [2.45, 2.75) is 11.8 Å². The van der Waals surface area contributed by atoms with Gasteiger partial charge in [-0.1, -0.05) is 23.2 Å². The van der Waals surface area contributed by atoms with E-state index in [1.807, 2.05) is 0 Å². The van der Waals surface area contributed by atoms with E-state index in [4.69, 9.17) is 23.2 Å². The van der Waals surface area contributed by atoms with Crippen molar-refractivity contribution in [2.24, 2.45) is 0 Å². The van der Waals surface area contributed by atoms with Crippen LogP contribution in [0.5, 0.6) is 0 Å². The average molecular weight is 476 g/mol. The molecule has 2 aromatic carbocycles. The number of amides is 1. The first-order chi connectivity index (χ1) is 14.0. The fourth-order valence-electron chi connectivity index (χ4n) is 3.08. The Hall–Kier alpha value is -2.27. The molecular weight excluding hydrogens is 460 g/mol. The third-order valence-corrected chi connectivity index (χ3v) is 7.45. The van der Waals surface area contributed by atoms with E-state index < -0.39 is 32.4 Å². The van der Waals surface area contributed by atoms with Crippen molar-refractivity contribution in [3.63, 3.8) is 0 Å². The first-order valence-electron chi connectivity index (χ1n) is 8.71. The lowest BCUT2D eigenvalue weighted by molar-refractivity contribution is -0.385. The second-order valence-electron chi connectivity index (χ2n) is 6.63. The van der Waals surface area contributed by atoms with Crippen LogP contribution in [0.15, 0.2) is 35.2 Å². The maximum atomic E-state index is 14.0. The van der Waals surface area contributed by atoms with E-state index in [-0.39, 0.29) is 52.2 Å². The second kappa shape index (κ2) is 8.46. The highest BCUT2D eigenvalue weighted by Crippen LogP contribution is 2.28. The van der Waals surface area contributed by atoms with Gasteiger partial charge in [-0.2, -0.15) is 4.31 Å². The van der Waals surface area contributed by atoms with Gasteiger partial charge < -0.3 is 4.90 Å². The summed E-state index contributed by atoms with van der Waals surface area (Å²) in [5, 5.41) is 11.4. The maximum Gasteiger partial charge on any atom is 0.276 e. The zero-order chi connectivity index (χ0) is 22.2. The Bertz CT molecular complexity index is 1130. The maximum absolute atomic E-state index is 14.0. The number of halogens is 3. The van der Waals surface area contributed by atoms with Gasteiger partial charge in [-0.15, -0.1) is 0 Å². The van der Waals surface area contributed by atoms with Gasteiger partial charge in [-0.3, -0.25) is 14.9 Å². The highest BCUT2D eigenvalue weighted by atomic mass is 35.5. The molecule has 1 amide bonds. The first-order valence-corrected chi connectivity index (χ1v) is 10.9. The highest BCUT2D eigenvalue weighted by molar-refractivity contribution is 7.89. The van der Waals surface area contributed by atoms with Crippen LogP contribution in [0, 0.1) is 22.9 Å². The number of carbonyl (C=O) groups is 1. The standard InChI is InChI=1S/C18H16Cl2FN3O5S/c1-11-16(21)8-12(9-17(11)24(26)27)18(25)22-4-6-23(7-5-22)30(28,29)13-2-3-14(19)15(20)10-13/h2-3,8-10H,4-7H2,1H3. The van der Waals surface area contributed by atoms with Gasteiger partial charge in [0.1, 0.15) is 5.82 Å². The van der Waals surface area contributed by atoms with Gasteiger partial charge in [-0.25, -0.2) is 12.8 Å². The minimum Gasteiger partial charge on any atom is -0.336 e. The highest BCUT2D eigenvalue weighted by Gasteiger charge is 2.31. The molecule has 0 N–H and O–H groups in total. The normalized spacial score (nSPS) is 15.3. The number of benzene rings is 2. The van der Waals surface area contributed by atoms with Crippen molar-refractivity contribution in [3.8, 4) is 0 Å². The molecule has 12 heteroatoms. The number of nitro benzene ring substituents is 1. The Morgan fingerprint density at radius 2 is 1.73 bits per heavy atom. The molecule has 30 heavy (non-hydrogen) atoms. The molecule has 1 aliphatic heterocycles. The number of rotatable bonds is 4. The molecule has 0 aliphatic carbocycles. The number of hydrogen-bond donors (Lipinski definition) is 0. The zero-order valence-corrected chi connectivity index (χ0v) is 18.0. The van der Waals surface area contributed by atoms with E-state index in [1.165, 1.54) is 34.3 Å². The molecule has 1 aliphatic rings. The van der Waals surface area contributed by atoms with Crippen molar-refractivity contribution in [1.82, 2.24) is 9.21 Å². The smallest absolute Gasteiger partial charge is 0.276 e. The predicted molar refractivity (Wildman–Crippen MR) is 109 cm³/mol. The lowest BCUT2D eigenvalue weighted by atomic mass is 10.1. The van der Waals surface area contributed by atoms with Crippen molar-refractivity contribution < 1.29 is 22.5 Å². The van der Waals surface area contributed by atoms with Crippen molar-refractivity contribution in [3.05, 3.63) is 67.4 Å². The zero-order valence-electron chi connectivity index (χ0n) is 15.6. The third kappa shape index (κ3) is 4.27. The fourth-order valence-corrected chi connectivity index (χ4v) is 4.89. The van der Waals surface area contributed by atoms with Gasteiger partial charge in [0, 0.05) is 37.8 Å². The monoisotopic (exact) mass is 475 g/mol. The van der Waals surface area contributed by atoms with Crippen molar-refractivity contribution in [2.75, 3.05) is 26.2 Å². The van der Waals surface area contributed by atoms with Gasteiger partial charge in [0.2, 0.25) is 10.0 Å². The summed E-state index contributed by atoms with van der Waals surface area (Å²) in [6.07, 6.45) is 0. The molecular formula is C18H16Cl2FN3O5S. The van der Waals surface area contributed by atoms with Gasteiger partial charge in [-0.05, 0) is 31.2 Å². The van der Waals surface area contributed by atoms with E-state index >= 15 is 0 Å². The minimum absolute atomic E-state index is 0.00472. The van der Waals surface area contributed by atoms with E-state index in [2.05, 4.69) is 0 Å². The van der Waals surface area contributed by atoms with Crippen LogP contribution in [0.4, 0.5) is 10.1 Å². The van der Waals surface area contributed by atoms with E-state index in [0.29, 0.717) is 0 Å². The minimum atomic E-state index is -3.84. The summed E-state index contributed by atoms with van der Waals surface area (Å²) >= 11 is 11.7. The number of nitro groups is 1. The van der Waals surface area contributed by atoms with Crippen molar-refractivity contribution in [1.29, 1.82) is 0 Å². The van der Waals surface area contributed by atoms with Crippen LogP contribution in [-0.4, -0.2) is 54.6 Å². The summed E-state index contributed by atoms with van der Waals surface area (Å²) < 4.78 is 40.8. The fraction of sp³-hybridized carbons (Fsp3) is 0.278. The summed E-state index contributed by atoms with van der Waals surface area (Å²) in [4.78, 5) is 24.3. The lowest BCUT2D eigenvalue weighted by Crippen LogP contribution is -2.50. The SMILES string of the molecule is Cc1c(F)cc(C(=O)N2CCN(S(=O)(=O)c3ccc(Cl)c(Cl)c3)CC2)cc1[N+](=O)[O-]. The molecule has 2 aromatic rings. The Morgan fingerprint density at radius 1 is 1.10 bits per heavy atom. The third-order valence-electron chi connectivity index (χ3n) is 4.82. The lowest BCUT2D eigenvalue weighted by Gasteiger charge is -2.34.